The minimum absolute atomic E-state index is 0. The average Bonchev–Trinajstić information content (AvgIpc) is 3.00. The SMILES string of the molecule is COc1cc(C(=O)N2CCN(C)CC2)nn1Cc1ccc(Cl)cc1.Cl. The Balaban J connectivity index is 0.00000225. The maximum Gasteiger partial charge on any atom is 0.274 e. The fraction of sp³-hybridized carbons (Fsp3) is 0.412. The van der Waals surface area contributed by atoms with E-state index in [-0.39, 0.29) is 18.3 Å². The smallest absolute Gasteiger partial charge is 0.274 e. The van der Waals surface area contributed by atoms with Crippen LogP contribution in [0.2, 0.25) is 5.02 Å². The van der Waals surface area contributed by atoms with Crippen LogP contribution in [0.25, 0.3) is 0 Å². The summed E-state index contributed by atoms with van der Waals surface area (Å²) >= 11 is 5.91. The quantitative estimate of drug-likeness (QED) is 0.811. The molecule has 0 aliphatic carbocycles. The highest BCUT2D eigenvalue weighted by atomic mass is 35.5. The molecule has 1 aromatic heterocycles. The normalized spacial score (nSPS) is 14.9. The van der Waals surface area contributed by atoms with Gasteiger partial charge in [-0.25, -0.2) is 4.68 Å². The molecule has 3 rings (SSSR count). The van der Waals surface area contributed by atoms with Crippen molar-refractivity contribution < 1.29 is 9.53 Å². The van der Waals surface area contributed by atoms with Crippen molar-refractivity contribution in [2.75, 3.05) is 40.3 Å². The molecule has 136 valence electrons. The second-order valence-corrected chi connectivity index (χ2v) is 6.39. The van der Waals surface area contributed by atoms with E-state index in [9.17, 15) is 4.79 Å². The molecule has 1 aliphatic heterocycles. The molecule has 0 N–H and O–H groups in total. The molecule has 0 atom stereocenters. The van der Waals surface area contributed by atoms with Gasteiger partial charge in [-0.2, -0.15) is 5.10 Å². The number of carbonyl (C=O) groups excluding carboxylic acids is 1. The van der Waals surface area contributed by atoms with Gasteiger partial charge in [0.1, 0.15) is 0 Å². The molecule has 0 radical (unpaired) electrons. The van der Waals surface area contributed by atoms with Gasteiger partial charge in [0.15, 0.2) is 5.69 Å². The molecule has 1 aliphatic rings. The van der Waals surface area contributed by atoms with Crippen molar-refractivity contribution in [3.63, 3.8) is 0 Å². The van der Waals surface area contributed by atoms with Crippen LogP contribution in [-0.2, 0) is 6.54 Å². The summed E-state index contributed by atoms with van der Waals surface area (Å²) < 4.78 is 7.07. The Morgan fingerprint density at radius 1 is 1.20 bits per heavy atom. The molecular weight excluding hydrogens is 363 g/mol. The van der Waals surface area contributed by atoms with E-state index >= 15 is 0 Å². The summed E-state index contributed by atoms with van der Waals surface area (Å²) in [6.07, 6.45) is 0. The van der Waals surface area contributed by atoms with E-state index in [1.54, 1.807) is 17.9 Å². The van der Waals surface area contributed by atoms with Crippen molar-refractivity contribution in [2.45, 2.75) is 6.54 Å². The van der Waals surface area contributed by atoms with Gasteiger partial charge in [0.05, 0.1) is 13.7 Å². The molecule has 2 heterocycles. The van der Waals surface area contributed by atoms with Crippen LogP contribution < -0.4 is 4.74 Å². The van der Waals surface area contributed by atoms with Crippen molar-refractivity contribution in [3.05, 3.63) is 46.6 Å². The number of ether oxygens (including phenoxy) is 1. The first kappa shape index (κ1) is 19.6. The Kier molecular flexibility index (Phi) is 6.70. The molecule has 25 heavy (non-hydrogen) atoms. The highest BCUT2D eigenvalue weighted by molar-refractivity contribution is 6.30. The van der Waals surface area contributed by atoms with Gasteiger partial charge in [0.25, 0.3) is 5.91 Å². The summed E-state index contributed by atoms with van der Waals surface area (Å²) in [7, 11) is 3.64. The van der Waals surface area contributed by atoms with Gasteiger partial charge in [0.2, 0.25) is 5.88 Å². The number of nitrogens with zero attached hydrogens (tertiary/aromatic N) is 4. The number of carbonyl (C=O) groups is 1. The molecule has 1 saturated heterocycles. The maximum atomic E-state index is 12.6. The monoisotopic (exact) mass is 384 g/mol. The van der Waals surface area contributed by atoms with E-state index in [2.05, 4.69) is 17.0 Å². The molecule has 1 aromatic carbocycles. The molecular formula is C17H22Cl2N4O2. The largest absolute Gasteiger partial charge is 0.481 e. The minimum atomic E-state index is -0.0451. The Bertz CT molecular complexity index is 710. The lowest BCUT2D eigenvalue weighted by Crippen LogP contribution is -2.47. The summed E-state index contributed by atoms with van der Waals surface area (Å²) in [6, 6.07) is 9.25. The molecule has 0 saturated carbocycles. The number of hydrogen-bond donors (Lipinski definition) is 0. The van der Waals surface area contributed by atoms with Crippen molar-refractivity contribution in [3.8, 4) is 5.88 Å². The minimum Gasteiger partial charge on any atom is -0.481 e. The summed E-state index contributed by atoms with van der Waals surface area (Å²) in [5.41, 5.74) is 1.46. The maximum absolute atomic E-state index is 12.6. The summed E-state index contributed by atoms with van der Waals surface area (Å²) in [5.74, 6) is 0.527. The van der Waals surface area contributed by atoms with Crippen molar-refractivity contribution in [1.29, 1.82) is 0 Å². The number of benzene rings is 1. The van der Waals surface area contributed by atoms with Gasteiger partial charge in [-0.1, -0.05) is 23.7 Å². The van der Waals surface area contributed by atoms with E-state index < -0.39 is 0 Å². The van der Waals surface area contributed by atoms with Crippen LogP contribution in [0.15, 0.2) is 30.3 Å². The van der Waals surface area contributed by atoms with Crippen LogP contribution in [0.3, 0.4) is 0 Å². The van der Waals surface area contributed by atoms with Crippen molar-refractivity contribution in [1.82, 2.24) is 19.6 Å². The summed E-state index contributed by atoms with van der Waals surface area (Å²) in [6.45, 7) is 3.74. The predicted molar refractivity (Wildman–Crippen MR) is 100.0 cm³/mol. The number of rotatable bonds is 4. The van der Waals surface area contributed by atoms with Crippen LogP contribution in [-0.4, -0.2) is 65.8 Å². The second kappa shape index (κ2) is 8.56. The predicted octanol–water partition coefficient (Wildman–Crippen LogP) is 2.40. The average molecular weight is 385 g/mol. The van der Waals surface area contributed by atoms with Gasteiger partial charge in [0, 0.05) is 37.3 Å². The topological polar surface area (TPSA) is 50.6 Å². The highest BCUT2D eigenvalue weighted by Crippen LogP contribution is 2.18. The van der Waals surface area contributed by atoms with Crippen LogP contribution in [0, 0.1) is 0 Å². The standard InChI is InChI=1S/C17H21ClN4O2.ClH/c1-20-7-9-21(10-8-20)17(23)15-11-16(24-2)22(19-15)12-13-3-5-14(18)6-4-13;/h3-6,11H,7-10,12H2,1-2H3;1H. The molecule has 1 amide bonds. The zero-order valence-corrected chi connectivity index (χ0v) is 15.9. The third-order valence-electron chi connectivity index (χ3n) is 4.21. The lowest BCUT2D eigenvalue weighted by molar-refractivity contribution is 0.0657. The van der Waals surface area contributed by atoms with Crippen LogP contribution in [0.5, 0.6) is 5.88 Å². The lowest BCUT2D eigenvalue weighted by atomic mass is 10.2. The van der Waals surface area contributed by atoms with Crippen molar-refractivity contribution >= 4 is 29.9 Å². The van der Waals surface area contributed by atoms with Crippen LogP contribution in [0.1, 0.15) is 16.1 Å². The van der Waals surface area contributed by atoms with E-state index in [4.69, 9.17) is 16.3 Å². The number of hydrogen-bond acceptors (Lipinski definition) is 4. The van der Waals surface area contributed by atoms with Crippen LogP contribution >= 0.6 is 24.0 Å². The Morgan fingerprint density at radius 3 is 2.44 bits per heavy atom. The number of amides is 1. The van der Waals surface area contributed by atoms with E-state index in [0.717, 1.165) is 31.7 Å². The second-order valence-electron chi connectivity index (χ2n) is 5.95. The van der Waals surface area contributed by atoms with Gasteiger partial charge in [-0.3, -0.25) is 4.79 Å². The molecule has 0 spiro atoms. The first-order valence-corrected chi connectivity index (χ1v) is 8.28. The summed E-state index contributed by atoms with van der Waals surface area (Å²) in [4.78, 5) is 16.7. The molecule has 0 bridgehead atoms. The number of aromatic nitrogens is 2. The van der Waals surface area contributed by atoms with E-state index in [1.165, 1.54) is 0 Å². The van der Waals surface area contributed by atoms with Gasteiger partial charge in [-0.05, 0) is 24.7 Å². The third-order valence-corrected chi connectivity index (χ3v) is 4.46. The molecule has 8 heteroatoms. The van der Waals surface area contributed by atoms with E-state index in [1.807, 2.05) is 29.2 Å². The summed E-state index contributed by atoms with van der Waals surface area (Å²) in [5, 5.41) is 5.14. The Morgan fingerprint density at radius 2 is 1.84 bits per heavy atom. The lowest BCUT2D eigenvalue weighted by Gasteiger charge is -2.31. The molecule has 0 unspecified atom stereocenters. The first-order valence-electron chi connectivity index (χ1n) is 7.91. The zero-order valence-electron chi connectivity index (χ0n) is 14.3. The van der Waals surface area contributed by atoms with Gasteiger partial charge >= 0.3 is 0 Å². The molecule has 1 fully saturated rings. The van der Waals surface area contributed by atoms with Gasteiger partial charge < -0.3 is 14.5 Å². The number of piperazine rings is 1. The molecule has 6 nitrogen and oxygen atoms in total. The van der Waals surface area contributed by atoms with Gasteiger partial charge in [-0.15, -0.1) is 12.4 Å². The van der Waals surface area contributed by atoms with Crippen LogP contribution in [0.4, 0.5) is 0 Å². The first-order chi connectivity index (χ1) is 11.6. The fourth-order valence-electron chi connectivity index (χ4n) is 2.72. The number of halogens is 2. The third kappa shape index (κ3) is 4.66. The zero-order chi connectivity index (χ0) is 17.1. The number of methoxy groups -OCH3 is 1. The number of likely N-dealkylation sites (N-methyl/N-ethyl adjacent to an activating group) is 1. The fourth-order valence-corrected chi connectivity index (χ4v) is 2.84. The Hall–Kier alpha value is -1.76. The molecule has 2 aromatic rings. The van der Waals surface area contributed by atoms with E-state index in [0.29, 0.717) is 23.1 Å². The van der Waals surface area contributed by atoms with Crippen molar-refractivity contribution in [2.24, 2.45) is 0 Å². The highest BCUT2D eigenvalue weighted by Gasteiger charge is 2.23. The Labute approximate surface area is 158 Å².